The maximum absolute atomic E-state index is 9.05. The summed E-state index contributed by atoms with van der Waals surface area (Å²) in [4.78, 5) is 4.90. The normalized spacial score (nSPS) is 31.3. The molecule has 0 aromatic carbocycles. The van der Waals surface area contributed by atoms with Gasteiger partial charge in [0.1, 0.15) is 0 Å². The molecule has 3 heteroatoms. The summed E-state index contributed by atoms with van der Waals surface area (Å²) in [5.41, 5.74) is 0. The lowest BCUT2D eigenvalue weighted by atomic mass is 10.0. The maximum Gasteiger partial charge on any atom is 0.0446 e. The van der Waals surface area contributed by atoms with Crippen molar-refractivity contribution in [3.63, 3.8) is 0 Å². The molecule has 84 valence electrons. The Kier molecular flexibility index (Phi) is 4.35. The number of rotatable bonds is 3. The standard InChI is InChI=1S/C11H24N2O/c1-9(2)13-10(3)7-12(4)8-11(13)5-6-14/h9-11,14H,5-8H2,1-4H3. The Hall–Kier alpha value is -0.120. The molecule has 1 aliphatic heterocycles. The van der Waals surface area contributed by atoms with Gasteiger partial charge in [0.25, 0.3) is 0 Å². The van der Waals surface area contributed by atoms with Crippen LogP contribution in [0, 0.1) is 0 Å². The molecular weight excluding hydrogens is 176 g/mol. The fourth-order valence-corrected chi connectivity index (χ4v) is 2.75. The molecule has 0 amide bonds. The van der Waals surface area contributed by atoms with E-state index >= 15 is 0 Å². The molecule has 1 fully saturated rings. The van der Waals surface area contributed by atoms with Gasteiger partial charge in [-0.15, -0.1) is 0 Å². The lowest BCUT2D eigenvalue weighted by molar-refractivity contribution is 0.00890. The Morgan fingerprint density at radius 1 is 1.36 bits per heavy atom. The van der Waals surface area contributed by atoms with E-state index in [9.17, 15) is 0 Å². The summed E-state index contributed by atoms with van der Waals surface area (Å²) < 4.78 is 0. The Bertz CT molecular complexity index is 173. The second kappa shape index (κ2) is 5.10. The van der Waals surface area contributed by atoms with Gasteiger partial charge in [-0.05, 0) is 34.2 Å². The van der Waals surface area contributed by atoms with Gasteiger partial charge >= 0.3 is 0 Å². The largest absolute Gasteiger partial charge is 0.396 e. The summed E-state index contributed by atoms with van der Waals surface area (Å²) in [5.74, 6) is 0. The quantitative estimate of drug-likeness (QED) is 0.729. The van der Waals surface area contributed by atoms with E-state index in [-0.39, 0.29) is 0 Å². The first-order valence-electron chi connectivity index (χ1n) is 5.63. The van der Waals surface area contributed by atoms with Crippen molar-refractivity contribution in [2.24, 2.45) is 0 Å². The first-order valence-corrected chi connectivity index (χ1v) is 5.63. The Labute approximate surface area is 87.7 Å². The molecule has 1 N–H and O–H groups in total. The van der Waals surface area contributed by atoms with Gasteiger partial charge in [-0.1, -0.05) is 0 Å². The number of hydrogen-bond donors (Lipinski definition) is 1. The molecule has 1 heterocycles. The van der Waals surface area contributed by atoms with Crippen LogP contribution in [0.15, 0.2) is 0 Å². The smallest absolute Gasteiger partial charge is 0.0446 e. The Morgan fingerprint density at radius 2 is 2.00 bits per heavy atom. The van der Waals surface area contributed by atoms with Crippen molar-refractivity contribution in [2.45, 2.75) is 45.3 Å². The van der Waals surface area contributed by atoms with Crippen molar-refractivity contribution in [1.82, 2.24) is 9.80 Å². The van der Waals surface area contributed by atoms with Gasteiger partial charge in [0.15, 0.2) is 0 Å². The van der Waals surface area contributed by atoms with Gasteiger partial charge < -0.3 is 10.0 Å². The first-order chi connectivity index (χ1) is 6.56. The van der Waals surface area contributed by atoms with Crippen LogP contribution in [0.4, 0.5) is 0 Å². The third kappa shape index (κ3) is 2.69. The summed E-state index contributed by atoms with van der Waals surface area (Å²) in [5, 5.41) is 9.05. The van der Waals surface area contributed by atoms with Crippen LogP contribution in [-0.4, -0.2) is 59.8 Å². The molecule has 0 aromatic rings. The predicted molar refractivity (Wildman–Crippen MR) is 59.4 cm³/mol. The highest BCUT2D eigenvalue weighted by atomic mass is 16.3. The zero-order valence-electron chi connectivity index (χ0n) is 9.90. The minimum absolute atomic E-state index is 0.300. The van der Waals surface area contributed by atoms with Crippen LogP contribution < -0.4 is 0 Å². The van der Waals surface area contributed by atoms with Crippen LogP contribution in [0.25, 0.3) is 0 Å². The number of likely N-dealkylation sites (N-methyl/N-ethyl adjacent to an activating group) is 1. The van der Waals surface area contributed by atoms with Crippen molar-refractivity contribution in [2.75, 3.05) is 26.7 Å². The zero-order valence-corrected chi connectivity index (χ0v) is 9.90. The molecule has 0 aromatic heterocycles. The minimum Gasteiger partial charge on any atom is -0.396 e. The third-order valence-electron chi connectivity index (χ3n) is 3.09. The van der Waals surface area contributed by atoms with E-state index in [1.165, 1.54) is 0 Å². The van der Waals surface area contributed by atoms with Gasteiger partial charge in [0.2, 0.25) is 0 Å². The van der Waals surface area contributed by atoms with Crippen molar-refractivity contribution in [3.05, 3.63) is 0 Å². The number of aliphatic hydroxyl groups is 1. The Morgan fingerprint density at radius 3 is 2.50 bits per heavy atom. The van der Waals surface area contributed by atoms with Gasteiger partial charge in [0, 0.05) is 37.8 Å². The van der Waals surface area contributed by atoms with E-state index in [1.54, 1.807) is 0 Å². The topological polar surface area (TPSA) is 26.7 Å². The van der Waals surface area contributed by atoms with E-state index in [2.05, 4.69) is 37.6 Å². The van der Waals surface area contributed by atoms with Crippen LogP contribution in [-0.2, 0) is 0 Å². The van der Waals surface area contributed by atoms with E-state index in [1.807, 2.05) is 0 Å². The van der Waals surface area contributed by atoms with Crippen molar-refractivity contribution >= 4 is 0 Å². The van der Waals surface area contributed by atoms with Crippen molar-refractivity contribution in [1.29, 1.82) is 0 Å². The lowest BCUT2D eigenvalue weighted by Gasteiger charge is -2.46. The molecule has 2 unspecified atom stereocenters. The minimum atomic E-state index is 0.300. The van der Waals surface area contributed by atoms with Gasteiger partial charge in [-0.25, -0.2) is 0 Å². The molecule has 1 rings (SSSR count). The number of nitrogens with zero attached hydrogens (tertiary/aromatic N) is 2. The highest BCUT2D eigenvalue weighted by molar-refractivity contribution is 4.87. The second-order valence-corrected chi connectivity index (χ2v) is 4.78. The average Bonchev–Trinajstić information content (AvgIpc) is 2.01. The molecule has 3 nitrogen and oxygen atoms in total. The van der Waals surface area contributed by atoms with Crippen LogP contribution in [0.3, 0.4) is 0 Å². The molecule has 0 radical (unpaired) electrons. The fourth-order valence-electron chi connectivity index (χ4n) is 2.75. The van der Waals surface area contributed by atoms with Crippen LogP contribution in [0.5, 0.6) is 0 Å². The molecular formula is C11H24N2O. The molecule has 0 spiro atoms. The van der Waals surface area contributed by atoms with Crippen LogP contribution in [0.1, 0.15) is 27.2 Å². The van der Waals surface area contributed by atoms with E-state index in [0.717, 1.165) is 19.5 Å². The number of aliphatic hydroxyl groups excluding tert-OH is 1. The average molecular weight is 200 g/mol. The van der Waals surface area contributed by atoms with Crippen molar-refractivity contribution in [3.8, 4) is 0 Å². The first kappa shape index (κ1) is 12.0. The Balaban J connectivity index is 2.65. The van der Waals surface area contributed by atoms with Crippen LogP contribution in [0.2, 0.25) is 0 Å². The highest BCUT2D eigenvalue weighted by Gasteiger charge is 2.31. The molecule has 1 saturated heterocycles. The highest BCUT2D eigenvalue weighted by Crippen LogP contribution is 2.19. The summed E-state index contributed by atoms with van der Waals surface area (Å²) in [6.07, 6.45) is 0.896. The monoisotopic (exact) mass is 200 g/mol. The third-order valence-corrected chi connectivity index (χ3v) is 3.09. The number of hydrogen-bond acceptors (Lipinski definition) is 3. The zero-order chi connectivity index (χ0) is 10.7. The van der Waals surface area contributed by atoms with Crippen molar-refractivity contribution < 1.29 is 5.11 Å². The van der Waals surface area contributed by atoms with Gasteiger partial charge in [-0.2, -0.15) is 0 Å². The summed E-state index contributed by atoms with van der Waals surface area (Å²) >= 11 is 0. The van der Waals surface area contributed by atoms with Gasteiger partial charge in [-0.3, -0.25) is 4.90 Å². The SMILES string of the molecule is CC(C)N1C(C)CN(C)CC1CCO. The second-order valence-electron chi connectivity index (χ2n) is 4.78. The molecule has 0 bridgehead atoms. The summed E-state index contributed by atoms with van der Waals surface area (Å²) in [6, 6.07) is 1.70. The van der Waals surface area contributed by atoms with E-state index < -0.39 is 0 Å². The van der Waals surface area contributed by atoms with Crippen LogP contribution >= 0.6 is 0 Å². The molecule has 14 heavy (non-hydrogen) atoms. The fraction of sp³-hybridized carbons (Fsp3) is 1.00. The molecule has 0 aliphatic carbocycles. The molecule has 2 atom stereocenters. The van der Waals surface area contributed by atoms with E-state index in [4.69, 9.17) is 5.11 Å². The molecule has 1 aliphatic rings. The number of piperazine rings is 1. The molecule has 0 saturated carbocycles. The summed E-state index contributed by atoms with van der Waals surface area (Å²) in [7, 11) is 2.17. The lowest BCUT2D eigenvalue weighted by Crippen LogP contribution is -2.59. The predicted octanol–water partition coefficient (Wildman–Crippen LogP) is 0.782. The summed E-state index contributed by atoms with van der Waals surface area (Å²) in [6.45, 7) is 9.29. The van der Waals surface area contributed by atoms with Gasteiger partial charge in [0.05, 0.1) is 0 Å². The van der Waals surface area contributed by atoms with E-state index in [0.29, 0.717) is 24.7 Å². The maximum atomic E-state index is 9.05.